The molecule has 4 nitrogen and oxygen atoms in total. The van der Waals surface area contributed by atoms with E-state index in [1.807, 2.05) is 12.1 Å². The number of carbonyl (C=O) groups is 1. The predicted molar refractivity (Wildman–Crippen MR) is 102 cm³/mol. The maximum atomic E-state index is 13.7. The Bertz CT molecular complexity index is 1070. The van der Waals surface area contributed by atoms with Gasteiger partial charge in [0.25, 0.3) is 5.91 Å². The van der Waals surface area contributed by atoms with E-state index in [-0.39, 0.29) is 0 Å². The molecule has 0 aliphatic carbocycles. The molecular formula is C22H15F3N2O2. The van der Waals surface area contributed by atoms with Gasteiger partial charge in [0.2, 0.25) is 0 Å². The third-order valence-corrected chi connectivity index (χ3v) is 4.18. The van der Waals surface area contributed by atoms with Gasteiger partial charge in [-0.2, -0.15) is 5.26 Å². The summed E-state index contributed by atoms with van der Waals surface area (Å²) in [5, 5.41) is 11.0. The van der Waals surface area contributed by atoms with Crippen molar-refractivity contribution in [1.29, 1.82) is 5.26 Å². The lowest BCUT2D eigenvalue weighted by Gasteiger charge is -2.15. The molecule has 1 amide bonds. The van der Waals surface area contributed by atoms with Gasteiger partial charge in [-0.05, 0) is 54.4 Å². The first kappa shape index (κ1) is 20.0. The van der Waals surface area contributed by atoms with Crippen LogP contribution in [0.25, 0.3) is 11.1 Å². The molecule has 29 heavy (non-hydrogen) atoms. The van der Waals surface area contributed by atoms with Crippen LogP contribution in [0.2, 0.25) is 0 Å². The van der Waals surface area contributed by atoms with E-state index in [0.29, 0.717) is 11.3 Å². The van der Waals surface area contributed by atoms with Crippen LogP contribution in [0.4, 0.5) is 18.9 Å². The van der Waals surface area contributed by atoms with E-state index < -0.39 is 35.2 Å². The molecule has 0 spiro atoms. The second kappa shape index (κ2) is 8.48. The molecule has 3 rings (SSSR count). The number of amides is 1. The molecule has 3 aromatic rings. The first-order valence-electron chi connectivity index (χ1n) is 8.60. The molecule has 0 aliphatic heterocycles. The van der Waals surface area contributed by atoms with E-state index in [0.717, 1.165) is 23.3 Å². The SMILES string of the molecule is C[C@@H](Oc1ccc(-c2ccc(C#N)cc2)cc1)C(=O)Nc1ccc(F)c(F)c1F. The summed E-state index contributed by atoms with van der Waals surface area (Å²) in [4.78, 5) is 12.2. The number of hydrogen-bond acceptors (Lipinski definition) is 3. The smallest absolute Gasteiger partial charge is 0.265 e. The third-order valence-electron chi connectivity index (χ3n) is 4.18. The Labute approximate surface area is 165 Å². The molecule has 0 radical (unpaired) electrons. The first-order chi connectivity index (χ1) is 13.9. The molecule has 146 valence electrons. The maximum absolute atomic E-state index is 13.7. The second-order valence-electron chi connectivity index (χ2n) is 6.19. The van der Waals surface area contributed by atoms with Crippen molar-refractivity contribution in [2.75, 3.05) is 5.32 Å². The van der Waals surface area contributed by atoms with Crippen LogP contribution in [0.15, 0.2) is 60.7 Å². The molecule has 0 bridgehead atoms. The molecule has 1 atom stereocenters. The van der Waals surface area contributed by atoms with Gasteiger partial charge in [0.05, 0.1) is 17.3 Å². The van der Waals surface area contributed by atoms with Crippen LogP contribution in [-0.4, -0.2) is 12.0 Å². The Morgan fingerprint density at radius 1 is 0.931 bits per heavy atom. The largest absolute Gasteiger partial charge is 0.481 e. The maximum Gasteiger partial charge on any atom is 0.265 e. The number of anilines is 1. The lowest BCUT2D eigenvalue weighted by atomic mass is 10.0. The minimum atomic E-state index is -1.66. The van der Waals surface area contributed by atoms with Crippen LogP contribution in [0.1, 0.15) is 12.5 Å². The van der Waals surface area contributed by atoms with Crippen LogP contribution >= 0.6 is 0 Å². The summed E-state index contributed by atoms with van der Waals surface area (Å²) in [6, 6.07) is 17.7. The fourth-order valence-corrected chi connectivity index (χ4v) is 2.58. The van der Waals surface area contributed by atoms with Crippen molar-refractivity contribution in [3.63, 3.8) is 0 Å². The number of halogens is 3. The monoisotopic (exact) mass is 396 g/mol. The summed E-state index contributed by atoms with van der Waals surface area (Å²) in [6.07, 6.45) is -1.01. The van der Waals surface area contributed by atoms with Gasteiger partial charge in [-0.25, -0.2) is 13.2 Å². The second-order valence-corrected chi connectivity index (χ2v) is 6.19. The summed E-state index contributed by atoms with van der Waals surface area (Å²) in [5.74, 6) is -4.79. The fraction of sp³-hybridized carbons (Fsp3) is 0.0909. The minimum Gasteiger partial charge on any atom is -0.481 e. The van der Waals surface area contributed by atoms with Gasteiger partial charge in [-0.3, -0.25) is 4.79 Å². The van der Waals surface area contributed by atoms with Crippen molar-refractivity contribution in [2.24, 2.45) is 0 Å². The molecule has 3 aromatic carbocycles. The quantitative estimate of drug-likeness (QED) is 0.614. The van der Waals surface area contributed by atoms with Crippen LogP contribution < -0.4 is 10.1 Å². The summed E-state index contributed by atoms with van der Waals surface area (Å²) >= 11 is 0. The first-order valence-corrected chi connectivity index (χ1v) is 8.60. The normalized spacial score (nSPS) is 11.4. The zero-order valence-corrected chi connectivity index (χ0v) is 15.2. The number of nitrogens with zero attached hydrogens (tertiary/aromatic N) is 1. The number of hydrogen-bond donors (Lipinski definition) is 1. The van der Waals surface area contributed by atoms with E-state index in [4.69, 9.17) is 10.00 Å². The Morgan fingerprint density at radius 2 is 1.52 bits per heavy atom. The summed E-state index contributed by atoms with van der Waals surface area (Å²) < 4.78 is 45.4. The van der Waals surface area contributed by atoms with Gasteiger partial charge in [0.15, 0.2) is 23.6 Å². The Hall–Kier alpha value is -3.79. The Balaban J connectivity index is 1.65. The van der Waals surface area contributed by atoms with E-state index in [1.54, 1.807) is 36.4 Å². The molecule has 0 saturated carbocycles. The minimum absolute atomic E-state index is 0.399. The average molecular weight is 396 g/mol. The fourth-order valence-electron chi connectivity index (χ4n) is 2.58. The predicted octanol–water partition coefficient (Wildman–Crippen LogP) is 5.05. The van der Waals surface area contributed by atoms with E-state index in [9.17, 15) is 18.0 Å². The Morgan fingerprint density at radius 3 is 2.10 bits per heavy atom. The lowest BCUT2D eigenvalue weighted by molar-refractivity contribution is -0.122. The van der Waals surface area contributed by atoms with Crippen molar-refractivity contribution < 1.29 is 22.7 Å². The molecular weight excluding hydrogens is 381 g/mol. The Kier molecular flexibility index (Phi) is 5.84. The number of ether oxygens (including phenoxy) is 1. The summed E-state index contributed by atoms with van der Waals surface area (Å²) in [6.45, 7) is 1.45. The van der Waals surface area contributed by atoms with Crippen LogP contribution in [-0.2, 0) is 4.79 Å². The van der Waals surface area contributed by atoms with Crippen LogP contribution in [0.5, 0.6) is 5.75 Å². The van der Waals surface area contributed by atoms with Crippen LogP contribution in [0, 0.1) is 28.8 Å². The van der Waals surface area contributed by atoms with Gasteiger partial charge >= 0.3 is 0 Å². The highest BCUT2D eigenvalue weighted by Crippen LogP contribution is 2.24. The molecule has 1 N–H and O–H groups in total. The van der Waals surface area contributed by atoms with Crippen molar-refractivity contribution in [1.82, 2.24) is 0 Å². The number of carbonyl (C=O) groups excluding carboxylic acids is 1. The number of nitriles is 1. The average Bonchev–Trinajstić information content (AvgIpc) is 2.74. The van der Waals surface area contributed by atoms with E-state index >= 15 is 0 Å². The van der Waals surface area contributed by atoms with Crippen molar-refractivity contribution >= 4 is 11.6 Å². The van der Waals surface area contributed by atoms with Crippen molar-refractivity contribution in [3.05, 3.63) is 83.7 Å². The van der Waals surface area contributed by atoms with Crippen molar-refractivity contribution in [3.8, 4) is 22.9 Å². The van der Waals surface area contributed by atoms with Gasteiger partial charge in [0.1, 0.15) is 5.75 Å². The lowest BCUT2D eigenvalue weighted by Crippen LogP contribution is -2.30. The van der Waals surface area contributed by atoms with Gasteiger partial charge < -0.3 is 10.1 Å². The van der Waals surface area contributed by atoms with Crippen molar-refractivity contribution in [2.45, 2.75) is 13.0 Å². The molecule has 7 heteroatoms. The molecule has 0 saturated heterocycles. The third kappa shape index (κ3) is 4.55. The zero-order chi connectivity index (χ0) is 21.0. The molecule has 0 unspecified atom stereocenters. The van der Waals surface area contributed by atoms with Crippen LogP contribution in [0.3, 0.4) is 0 Å². The molecule has 0 heterocycles. The molecule has 0 aromatic heterocycles. The highest BCUT2D eigenvalue weighted by Gasteiger charge is 2.19. The topological polar surface area (TPSA) is 62.1 Å². The standard InChI is InChI=1S/C22H15F3N2O2/c1-13(22(28)27-19-11-10-18(23)20(24)21(19)25)29-17-8-6-16(7-9-17)15-4-2-14(12-26)3-5-15/h2-11,13H,1H3,(H,27,28)/t13-/m1/s1. The highest BCUT2D eigenvalue weighted by molar-refractivity contribution is 5.94. The van der Waals surface area contributed by atoms with E-state index in [1.165, 1.54) is 6.92 Å². The summed E-state index contributed by atoms with van der Waals surface area (Å²) in [5.41, 5.74) is 1.89. The van der Waals surface area contributed by atoms with Gasteiger partial charge in [-0.1, -0.05) is 24.3 Å². The number of nitrogens with one attached hydrogen (secondary N) is 1. The highest BCUT2D eigenvalue weighted by atomic mass is 19.2. The van der Waals surface area contributed by atoms with E-state index in [2.05, 4.69) is 11.4 Å². The zero-order valence-electron chi connectivity index (χ0n) is 15.2. The number of rotatable bonds is 5. The van der Waals surface area contributed by atoms with Gasteiger partial charge in [-0.15, -0.1) is 0 Å². The molecule has 0 aliphatic rings. The molecule has 0 fully saturated rings. The van der Waals surface area contributed by atoms with Gasteiger partial charge in [0, 0.05) is 0 Å². The summed E-state index contributed by atoms with van der Waals surface area (Å²) in [7, 11) is 0. The number of benzene rings is 3.